The first-order chi connectivity index (χ1) is 32.1. The van der Waals surface area contributed by atoms with Crippen LogP contribution in [0.5, 0.6) is 0 Å². The Morgan fingerprint density at radius 2 is 0.809 bits per heavy atom. The molecule has 3 nitrogen and oxygen atoms in total. The average Bonchev–Trinajstić information content (AvgIpc) is 4.09. The number of hydrogen-bond donors (Lipinski definition) is 0. The van der Waals surface area contributed by atoms with E-state index in [1.165, 1.54) is 121 Å². The van der Waals surface area contributed by atoms with Crippen LogP contribution >= 0.6 is 31.9 Å². The zero-order chi connectivity index (χ0) is 48.2. The number of nitrogens with zero attached hydrogens (tertiary/aromatic N) is 3. The van der Waals surface area contributed by atoms with Crippen LogP contribution in [0.1, 0.15) is 59.7 Å². The van der Waals surface area contributed by atoms with Gasteiger partial charge in [0.15, 0.2) is 8.24 Å². The summed E-state index contributed by atoms with van der Waals surface area (Å²) in [5.74, 6) is 0. The van der Waals surface area contributed by atoms with E-state index in [0.717, 1.165) is 19.3 Å². The quantitative estimate of drug-likeness (QED) is 0.153. The van der Waals surface area contributed by atoms with E-state index >= 15 is 0 Å². The summed E-state index contributed by atoms with van der Waals surface area (Å²) in [7, 11) is -3.92. The van der Waals surface area contributed by atoms with Crippen LogP contribution in [-0.2, 0) is 37.0 Å². The van der Waals surface area contributed by atoms with Crippen molar-refractivity contribution in [2.24, 2.45) is 0 Å². The van der Waals surface area contributed by atoms with Gasteiger partial charge >= 0.3 is 0 Å². The highest BCUT2D eigenvalue weighted by atomic mass is 79.9. The van der Waals surface area contributed by atoms with Crippen molar-refractivity contribution in [1.82, 2.24) is 13.4 Å². The predicted octanol–water partition coefficient (Wildman–Crippen LogP) is 17.9. The molecular formula is C60H67Br2N3Si3. The van der Waals surface area contributed by atoms with Crippen LogP contribution in [0.2, 0.25) is 58.9 Å². The third-order valence-corrected chi connectivity index (χ3v) is 19.4. The summed E-state index contributed by atoms with van der Waals surface area (Å²) in [4.78, 5) is 0. The summed E-state index contributed by atoms with van der Waals surface area (Å²) >= 11 is 7.28. The lowest BCUT2D eigenvalue weighted by molar-refractivity contribution is 0.591. The van der Waals surface area contributed by atoms with Crippen molar-refractivity contribution in [3.63, 3.8) is 0 Å². The maximum absolute atomic E-state index is 3.65. The van der Waals surface area contributed by atoms with Gasteiger partial charge in [0, 0.05) is 95.6 Å². The number of rotatable bonds is 5. The highest BCUT2D eigenvalue weighted by Gasteiger charge is 2.33. The molecule has 68 heavy (non-hydrogen) atoms. The topological polar surface area (TPSA) is 14.8 Å². The first-order valence-corrected chi connectivity index (χ1v) is 37.0. The Bertz CT molecular complexity index is 3450. The number of fused-ring (bicyclic) bond motifs is 15. The minimum absolute atomic E-state index is 0.188. The van der Waals surface area contributed by atoms with Gasteiger partial charge in [-0.15, -0.1) is 0 Å². The Labute approximate surface area is 425 Å². The average molecular weight is 1070 g/mol. The summed E-state index contributed by atoms with van der Waals surface area (Å²) in [6.45, 7) is 29.0. The monoisotopic (exact) mass is 1070 g/mol. The van der Waals surface area contributed by atoms with E-state index in [9.17, 15) is 0 Å². The predicted molar refractivity (Wildman–Crippen MR) is 310 cm³/mol. The summed E-state index contributed by atoms with van der Waals surface area (Å²) < 4.78 is 10.2. The van der Waals surface area contributed by atoms with Gasteiger partial charge in [-0.05, 0) is 92.9 Å². The highest BCUT2D eigenvalue weighted by Crippen LogP contribution is 2.47. The lowest BCUT2D eigenvalue weighted by Gasteiger charge is -2.24. The lowest BCUT2D eigenvalue weighted by atomic mass is 9.86. The van der Waals surface area contributed by atoms with E-state index in [-0.39, 0.29) is 5.41 Å². The van der Waals surface area contributed by atoms with Gasteiger partial charge in [-0.1, -0.05) is 190 Å². The smallest absolute Gasteiger partial charge is 0.153 e. The second kappa shape index (κ2) is 17.1. The van der Waals surface area contributed by atoms with Crippen LogP contribution in [0.3, 0.4) is 0 Å². The molecule has 3 aliphatic carbocycles. The van der Waals surface area contributed by atoms with Crippen LogP contribution in [0.15, 0.2) is 136 Å². The Kier molecular flexibility index (Phi) is 11.9. The first-order valence-electron chi connectivity index (χ1n) is 24.6. The van der Waals surface area contributed by atoms with Gasteiger partial charge < -0.3 is 13.4 Å². The van der Waals surface area contributed by atoms with Crippen molar-refractivity contribution in [2.75, 3.05) is 0 Å². The van der Waals surface area contributed by atoms with Gasteiger partial charge in [0.1, 0.15) is 0 Å². The van der Waals surface area contributed by atoms with Gasteiger partial charge in [-0.3, -0.25) is 0 Å². The lowest BCUT2D eigenvalue weighted by Crippen LogP contribution is -2.32. The fraction of sp³-hybridized carbons (Fsp3) is 0.300. The number of halogens is 2. The van der Waals surface area contributed by atoms with Crippen LogP contribution in [0, 0.1) is 0 Å². The summed E-state index contributed by atoms with van der Waals surface area (Å²) in [6, 6.07) is 47.4. The number of benzene rings is 6. The van der Waals surface area contributed by atoms with Crippen molar-refractivity contribution in [2.45, 2.75) is 117 Å². The van der Waals surface area contributed by atoms with Crippen molar-refractivity contribution in [3.8, 4) is 33.8 Å². The molecule has 0 radical (unpaired) electrons. The molecule has 0 amide bonds. The molecule has 8 heteroatoms. The molecule has 3 aliphatic rings. The Morgan fingerprint density at radius 3 is 1.24 bits per heavy atom. The zero-order valence-electron chi connectivity index (χ0n) is 42.3. The molecule has 348 valence electrons. The summed E-state index contributed by atoms with van der Waals surface area (Å²) in [5, 5.41) is 4.30. The second-order valence-electron chi connectivity index (χ2n) is 24.1. The molecule has 3 heterocycles. The minimum atomic E-state index is -1.49. The van der Waals surface area contributed by atoms with E-state index < -0.39 is 24.4 Å². The molecule has 0 saturated heterocycles. The Hall–Kier alpha value is -4.45. The molecule has 6 aromatic carbocycles. The molecule has 9 aromatic rings. The molecule has 0 saturated carbocycles. The fourth-order valence-corrected chi connectivity index (χ4v) is 16.4. The molecule has 0 fully saturated rings. The van der Waals surface area contributed by atoms with E-state index in [2.05, 4.69) is 252 Å². The molecule has 0 unspecified atom stereocenters. The third-order valence-electron chi connectivity index (χ3n) is 14.1. The molecule has 3 aromatic heterocycles. The normalized spacial score (nSPS) is 13.7. The molecular weight excluding hydrogens is 1010 g/mol. The summed E-state index contributed by atoms with van der Waals surface area (Å²) in [5.41, 5.74) is 23.6. The van der Waals surface area contributed by atoms with Gasteiger partial charge in [0.2, 0.25) is 0 Å². The van der Waals surface area contributed by atoms with Crippen molar-refractivity contribution in [1.29, 1.82) is 0 Å². The van der Waals surface area contributed by atoms with E-state index in [1.807, 2.05) is 0 Å². The van der Waals surface area contributed by atoms with Crippen molar-refractivity contribution < 1.29 is 0 Å². The SMILES string of the molecule is CC(C)(C)c1ccc2c(c1)c1c(n2C[Si](C)(C)C)-c2ccccc2C1.C[Si](C)(C)Cn1c2c(c3cc(Br)ccc31)Cc1ccccc1-2.C[Si](C)(C)n1c2c(c3cc(Br)ccc31)Cc1ccccc1-2. The first kappa shape index (κ1) is 47.2. The molecule has 0 aliphatic heterocycles. The molecule has 0 atom stereocenters. The van der Waals surface area contributed by atoms with Crippen LogP contribution in [0.25, 0.3) is 66.5 Å². The third kappa shape index (κ3) is 8.65. The highest BCUT2D eigenvalue weighted by molar-refractivity contribution is 9.10. The molecule has 0 N–H and O–H groups in total. The number of hydrogen-bond acceptors (Lipinski definition) is 0. The fourth-order valence-electron chi connectivity index (χ4n) is 11.3. The van der Waals surface area contributed by atoms with Crippen LogP contribution in [-0.4, -0.2) is 37.8 Å². The second-order valence-corrected chi connectivity index (χ2v) is 41.6. The standard InChI is InChI=1S/C23H29NSi.C19H20BrNSi.C18H18BrNSi/c1-23(2,3)17-11-12-21-19(14-17)20-13-16-9-7-8-10-18(16)22(20)24(21)15-25(4,5)6;1-22(2,3)12-21-18-9-8-14(20)11-16(18)17-10-13-6-4-5-7-15(13)19(17)21;1-21(2,3)20-17-9-8-13(19)11-15(17)16-10-12-6-4-5-7-14(12)18(16)20/h7-12,14H,13,15H2,1-6H3;4-9,11H,10,12H2,1-3H3;4-9,11H,10H2,1-3H3. The molecule has 0 spiro atoms. The maximum atomic E-state index is 3.65. The van der Waals surface area contributed by atoms with Gasteiger partial charge in [0.25, 0.3) is 0 Å². The van der Waals surface area contributed by atoms with E-state index in [0.29, 0.717) is 0 Å². The van der Waals surface area contributed by atoms with E-state index in [1.54, 1.807) is 5.56 Å². The largest absolute Gasteiger partial charge is 0.368 e. The minimum Gasteiger partial charge on any atom is -0.368 e. The van der Waals surface area contributed by atoms with Crippen molar-refractivity contribution >= 4 is 89.0 Å². The van der Waals surface area contributed by atoms with Crippen LogP contribution < -0.4 is 0 Å². The Morgan fingerprint density at radius 1 is 0.441 bits per heavy atom. The van der Waals surface area contributed by atoms with Gasteiger partial charge in [0.05, 0.1) is 27.5 Å². The maximum Gasteiger partial charge on any atom is 0.153 e. The zero-order valence-corrected chi connectivity index (χ0v) is 48.4. The molecule has 0 bridgehead atoms. The van der Waals surface area contributed by atoms with E-state index in [4.69, 9.17) is 0 Å². The summed E-state index contributed by atoms with van der Waals surface area (Å²) in [6.07, 6.45) is 5.57. The van der Waals surface area contributed by atoms with Gasteiger partial charge in [-0.2, -0.15) is 0 Å². The van der Waals surface area contributed by atoms with Gasteiger partial charge in [-0.25, -0.2) is 0 Å². The number of aromatic nitrogens is 3. The van der Waals surface area contributed by atoms with Crippen molar-refractivity contribution in [3.05, 3.63) is 175 Å². The molecule has 12 rings (SSSR count). The van der Waals surface area contributed by atoms with Crippen LogP contribution in [0.4, 0.5) is 0 Å². The Balaban J connectivity index is 0.000000119.